The lowest BCUT2D eigenvalue weighted by Crippen LogP contribution is -2.42. The summed E-state index contributed by atoms with van der Waals surface area (Å²) in [6.07, 6.45) is 3.13. The van der Waals surface area contributed by atoms with Crippen molar-refractivity contribution in [1.29, 1.82) is 0 Å². The van der Waals surface area contributed by atoms with E-state index in [1.807, 2.05) is 12.1 Å². The van der Waals surface area contributed by atoms with Gasteiger partial charge in [0.15, 0.2) is 0 Å². The van der Waals surface area contributed by atoms with Crippen molar-refractivity contribution in [2.75, 3.05) is 18.0 Å². The fourth-order valence-corrected chi connectivity index (χ4v) is 2.78. The quantitative estimate of drug-likeness (QED) is 0.893. The van der Waals surface area contributed by atoms with Crippen LogP contribution in [0.1, 0.15) is 32.3 Å². The lowest BCUT2D eigenvalue weighted by Gasteiger charge is -2.39. The first-order valence-corrected chi connectivity index (χ1v) is 6.88. The number of benzene rings is 1. The van der Waals surface area contributed by atoms with Gasteiger partial charge in [-0.25, -0.2) is 4.39 Å². The van der Waals surface area contributed by atoms with Crippen molar-refractivity contribution in [2.45, 2.75) is 39.2 Å². The Labute approximate surface area is 109 Å². The minimum atomic E-state index is -0.109. The van der Waals surface area contributed by atoms with Crippen LogP contribution >= 0.6 is 0 Å². The standard InChI is InChI=1S/C15H23FN2/c1-11-4-3-9-18(12(11)2)15-6-5-13(7-8-17)10-14(15)16/h5-6,10-12H,3-4,7-9,17H2,1-2H3. The molecule has 1 heterocycles. The number of hydrogen-bond donors (Lipinski definition) is 1. The third-order valence-electron chi connectivity index (χ3n) is 4.13. The highest BCUT2D eigenvalue weighted by Gasteiger charge is 2.26. The molecule has 0 aliphatic carbocycles. The number of hydrogen-bond acceptors (Lipinski definition) is 2. The van der Waals surface area contributed by atoms with Crippen molar-refractivity contribution in [3.63, 3.8) is 0 Å². The molecular weight excluding hydrogens is 227 g/mol. The Balaban J connectivity index is 2.22. The molecule has 0 amide bonds. The molecule has 1 saturated heterocycles. The van der Waals surface area contributed by atoms with Crippen LogP contribution in [0.15, 0.2) is 18.2 Å². The Kier molecular flexibility index (Phi) is 4.23. The van der Waals surface area contributed by atoms with Gasteiger partial charge < -0.3 is 10.6 Å². The van der Waals surface area contributed by atoms with Gasteiger partial charge in [0.05, 0.1) is 5.69 Å². The molecule has 0 saturated carbocycles. The van der Waals surface area contributed by atoms with Gasteiger partial charge in [-0.2, -0.15) is 0 Å². The largest absolute Gasteiger partial charge is 0.366 e. The van der Waals surface area contributed by atoms with E-state index in [-0.39, 0.29) is 5.82 Å². The summed E-state index contributed by atoms with van der Waals surface area (Å²) in [5, 5.41) is 0. The number of nitrogens with zero attached hydrogens (tertiary/aromatic N) is 1. The van der Waals surface area contributed by atoms with Crippen LogP contribution < -0.4 is 10.6 Å². The van der Waals surface area contributed by atoms with E-state index >= 15 is 0 Å². The van der Waals surface area contributed by atoms with Gasteiger partial charge in [0, 0.05) is 12.6 Å². The van der Waals surface area contributed by atoms with Crippen molar-refractivity contribution in [3.05, 3.63) is 29.6 Å². The minimum absolute atomic E-state index is 0.109. The average Bonchev–Trinajstić information content (AvgIpc) is 2.34. The summed E-state index contributed by atoms with van der Waals surface area (Å²) >= 11 is 0. The first-order valence-electron chi connectivity index (χ1n) is 6.88. The van der Waals surface area contributed by atoms with Gasteiger partial charge >= 0.3 is 0 Å². The second kappa shape index (κ2) is 5.70. The zero-order valence-corrected chi connectivity index (χ0v) is 11.3. The van der Waals surface area contributed by atoms with Crippen molar-refractivity contribution >= 4 is 5.69 Å². The van der Waals surface area contributed by atoms with E-state index < -0.39 is 0 Å². The Morgan fingerprint density at radius 2 is 2.17 bits per heavy atom. The second-order valence-electron chi connectivity index (χ2n) is 5.38. The molecule has 1 aliphatic heterocycles. The van der Waals surface area contributed by atoms with E-state index in [9.17, 15) is 4.39 Å². The van der Waals surface area contributed by atoms with Crippen LogP contribution in [0.5, 0.6) is 0 Å². The molecule has 0 radical (unpaired) electrons. The zero-order chi connectivity index (χ0) is 13.1. The Bertz CT molecular complexity index is 405. The minimum Gasteiger partial charge on any atom is -0.366 e. The smallest absolute Gasteiger partial charge is 0.146 e. The summed E-state index contributed by atoms with van der Waals surface area (Å²) in [7, 11) is 0. The molecule has 2 unspecified atom stereocenters. The van der Waals surface area contributed by atoms with Crippen molar-refractivity contribution in [2.24, 2.45) is 11.7 Å². The maximum absolute atomic E-state index is 14.2. The Morgan fingerprint density at radius 1 is 1.39 bits per heavy atom. The SMILES string of the molecule is CC1CCCN(c2ccc(CCN)cc2F)C1C. The fraction of sp³-hybridized carbons (Fsp3) is 0.600. The molecule has 18 heavy (non-hydrogen) atoms. The van der Waals surface area contributed by atoms with Crippen LogP contribution in [0.2, 0.25) is 0 Å². The molecule has 2 nitrogen and oxygen atoms in total. The third kappa shape index (κ3) is 2.66. The summed E-state index contributed by atoms with van der Waals surface area (Å²) in [4.78, 5) is 2.20. The monoisotopic (exact) mass is 250 g/mol. The maximum atomic E-state index is 14.2. The molecule has 0 aromatic heterocycles. The number of anilines is 1. The molecule has 1 fully saturated rings. The number of nitrogens with two attached hydrogens (primary N) is 1. The van der Waals surface area contributed by atoms with E-state index in [2.05, 4.69) is 18.7 Å². The maximum Gasteiger partial charge on any atom is 0.146 e. The number of piperidine rings is 1. The summed E-state index contributed by atoms with van der Waals surface area (Å²) in [5.74, 6) is 0.517. The van der Waals surface area contributed by atoms with Crippen LogP contribution in [0.3, 0.4) is 0 Å². The third-order valence-corrected chi connectivity index (χ3v) is 4.13. The van der Waals surface area contributed by atoms with Crippen LogP contribution in [0, 0.1) is 11.7 Å². The highest BCUT2D eigenvalue weighted by molar-refractivity contribution is 5.50. The molecule has 3 heteroatoms. The van der Waals surface area contributed by atoms with E-state index in [0.29, 0.717) is 18.5 Å². The molecule has 0 spiro atoms. The fourth-order valence-electron chi connectivity index (χ4n) is 2.78. The topological polar surface area (TPSA) is 29.3 Å². The van der Waals surface area contributed by atoms with Crippen molar-refractivity contribution in [1.82, 2.24) is 0 Å². The zero-order valence-electron chi connectivity index (χ0n) is 11.3. The predicted molar refractivity (Wildman–Crippen MR) is 74.4 cm³/mol. The first-order chi connectivity index (χ1) is 8.63. The van der Waals surface area contributed by atoms with E-state index in [4.69, 9.17) is 5.73 Å². The van der Waals surface area contributed by atoms with Crippen molar-refractivity contribution < 1.29 is 4.39 Å². The van der Waals surface area contributed by atoms with Crippen molar-refractivity contribution in [3.8, 4) is 0 Å². The molecule has 2 N–H and O–H groups in total. The summed E-state index contributed by atoms with van der Waals surface area (Å²) < 4.78 is 14.2. The summed E-state index contributed by atoms with van der Waals surface area (Å²) in [6.45, 7) is 5.96. The molecule has 1 aliphatic rings. The lowest BCUT2D eigenvalue weighted by atomic mass is 9.91. The molecule has 100 valence electrons. The van der Waals surface area contributed by atoms with E-state index in [1.165, 1.54) is 6.42 Å². The number of halogens is 1. The van der Waals surface area contributed by atoms with E-state index in [0.717, 1.165) is 30.6 Å². The highest BCUT2D eigenvalue weighted by Crippen LogP contribution is 2.30. The first kappa shape index (κ1) is 13.3. The van der Waals surface area contributed by atoms with Crippen LogP contribution in [0.4, 0.5) is 10.1 Å². The molecule has 0 bridgehead atoms. The molecular formula is C15H23FN2. The van der Waals surface area contributed by atoms with Gasteiger partial charge in [-0.3, -0.25) is 0 Å². The Hall–Kier alpha value is -1.09. The normalized spacial score (nSPS) is 24.3. The van der Waals surface area contributed by atoms with E-state index in [1.54, 1.807) is 6.07 Å². The van der Waals surface area contributed by atoms with Gasteiger partial charge in [0.1, 0.15) is 5.82 Å². The molecule has 1 aromatic rings. The Morgan fingerprint density at radius 3 is 2.83 bits per heavy atom. The molecule has 1 aromatic carbocycles. The van der Waals surface area contributed by atoms with Crippen LogP contribution in [-0.2, 0) is 6.42 Å². The number of rotatable bonds is 3. The second-order valence-corrected chi connectivity index (χ2v) is 5.38. The predicted octanol–water partition coefficient (Wildman–Crippen LogP) is 2.95. The lowest BCUT2D eigenvalue weighted by molar-refractivity contribution is 0.360. The molecule has 2 rings (SSSR count). The summed E-state index contributed by atoms with van der Waals surface area (Å²) in [5.41, 5.74) is 7.23. The van der Waals surface area contributed by atoms with Gasteiger partial charge in [-0.1, -0.05) is 13.0 Å². The van der Waals surface area contributed by atoms with Gasteiger partial charge in [0.2, 0.25) is 0 Å². The average molecular weight is 250 g/mol. The van der Waals surface area contributed by atoms with Crippen LogP contribution in [0.25, 0.3) is 0 Å². The molecule has 2 atom stereocenters. The summed E-state index contributed by atoms with van der Waals surface area (Å²) in [6, 6.07) is 5.95. The van der Waals surface area contributed by atoms with Gasteiger partial charge in [0.25, 0.3) is 0 Å². The van der Waals surface area contributed by atoms with Gasteiger partial charge in [-0.15, -0.1) is 0 Å². The highest BCUT2D eigenvalue weighted by atomic mass is 19.1. The van der Waals surface area contributed by atoms with Gasteiger partial charge in [-0.05, 0) is 56.3 Å². The van der Waals surface area contributed by atoms with Crippen LogP contribution in [-0.4, -0.2) is 19.1 Å².